The maximum absolute atomic E-state index is 12.8. The van der Waals surface area contributed by atoms with Gasteiger partial charge in [-0.3, -0.25) is 4.79 Å². The summed E-state index contributed by atoms with van der Waals surface area (Å²) < 4.78 is 5.41. The summed E-state index contributed by atoms with van der Waals surface area (Å²) in [6.07, 6.45) is 14.2. The van der Waals surface area contributed by atoms with E-state index in [9.17, 15) is 4.79 Å². The normalized spacial score (nSPS) is 34.5. The number of nitrogens with one attached hydrogen (secondary N) is 1. The predicted octanol–water partition coefficient (Wildman–Crippen LogP) is 4.87. The van der Waals surface area contributed by atoms with Gasteiger partial charge in [0.1, 0.15) is 0 Å². The first-order valence-electron chi connectivity index (χ1n) is 12.4. The number of methoxy groups -OCH3 is 1. The number of nitrogens with two attached hydrogens (primary N) is 1. The van der Waals surface area contributed by atoms with E-state index in [1.54, 1.807) is 12.7 Å². The average Bonchev–Trinajstić information content (AvgIpc) is 2.79. The zero-order valence-electron chi connectivity index (χ0n) is 19.2. The summed E-state index contributed by atoms with van der Waals surface area (Å²) in [5.41, 5.74) is 9.35. The molecule has 4 rings (SSSR count). The molecule has 3 aliphatic carbocycles. The minimum atomic E-state index is 0.219. The van der Waals surface area contributed by atoms with Crippen LogP contribution >= 0.6 is 0 Å². The number of ether oxygens (including phenoxy) is 1. The first kappa shape index (κ1) is 22.5. The van der Waals surface area contributed by atoms with Gasteiger partial charge in [0, 0.05) is 25.6 Å². The van der Waals surface area contributed by atoms with Crippen LogP contribution in [0, 0.1) is 11.8 Å². The molecule has 1 aromatic rings. The van der Waals surface area contributed by atoms with Gasteiger partial charge in [0.25, 0.3) is 0 Å². The predicted molar refractivity (Wildman–Crippen MR) is 126 cm³/mol. The Morgan fingerprint density at radius 3 is 2.68 bits per heavy atom. The van der Waals surface area contributed by atoms with Gasteiger partial charge >= 0.3 is 0 Å². The number of carbonyl (C=O) groups excluding carboxylic acids is 1. The Kier molecular flexibility index (Phi) is 7.50. The van der Waals surface area contributed by atoms with E-state index in [0.717, 1.165) is 38.5 Å². The molecule has 0 radical (unpaired) electrons. The molecule has 0 spiro atoms. The Balaban J connectivity index is 1.45. The maximum Gasteiger partial charge on any atom is 0.220 e. The smallest absolute Gasteiger partial charge is 0.220 e. The van der Waals surface area contributed by atoms with Crippen molar-refractivity contribution in [2.75, 3.05) is 13.7 Å². The molecule has 0 saturated heterocycles. The van der Waals surface area contributed by atoms with Crippen LogP contribution in [0.3, 0.4) is 0 Å². The third-order valence-electron chi connectivity index (χ3n) is 8.15. The standard InChI is InChI=1S/C27H40N2O2/c1-31-17-15-25-20-6-5-16-27(18-20,22-7-3-2-4-8-22)19-21(25)9-14-26(30)29-24-12-10-23(28)11-13-24/h2-4,7-8,15,20-21,23-24H,5-6,9-14,16-19,28H2,1H3,(H,29,30)/b25-15+. The van der Waals surface area contributed by atoms with Crippen LogP contribution in [-0.2, 0) is 14.9 Å². The van der Waals surface area contributed by atoms with Gasteiger partial charge in [-0.15, -0.1) is 0 Å². The lowest BCUT2D eigenvalue weighted by Gasteiger charge is -2.50. The minimum Gasteiger partial charge on any atom is -0.381 e. The molecular formula is C27H40N2O2. The lowest BCUT2D eigenvalue weighted by atomic mass is 9.54. The van der Waals surface area contributed by atoms with E-state index in [0.29, 0.717) is 36.9 Å². The lowest BCUT2D eigenvalue weighted by molar-refractivity contribution is -0.122. The number of carbonyl (C=O) groups is 1. The van der Waals surface area contributed by atoms with Crippen molar-refractivity contribution in [2.24, 2.45) is 17.6 Å². The Bertz CT molecular complexity index is 754. The van der Waals surface area contributed by atoms with Crippen LogP contribution in [0.1, 0.15) is 76.2 Å². The van der Waals surface area contributed by atoms with E-state index < -0.39 is 0 Å². The first-order valence-corrected chi connectivity index (χ1v) is 12.4. The molecule has 4 heteroatoms. The second-order valence-electron chi connectivity index (χ2n) is 10.2. The molecule has 3 N–H and O–H groups in total. The number of hydrogen-bond donors (Lipinski definition) is 2. The maximum atomic E-state index is 12.8. The van der Waals surface area contributed by atoms with Gasteiger partial charge in [-0.2, -0.15) is 0 Å². The summed E-state index contributed by atoms with van der Waals surface area (Å²) in [6, 6.07) is 11.8. The minimum absolute atomic E-state index is 0.219. The second-order valence-corrected chi connectivity index (χ2v) is 10.2. The SMILES string of the molecule is COC/C=C1\C2CCCC(c3ccccc3)(C2)CC1CCC(=O)NC1CCC(N)CC1. The van der Waals surface area contributed by atoms with Gasteiger partial charge in [0.05, 0.1) is 6.61 Å². The highest BCUT2D eigenvalue weighted by molar-refractivity contribution is 5.76. The first-order chi connectivity index (χ1) is 15.1. The van der Waals surface area contributed by atoms with E-state index in [-0.39, 0.29) is 11.3 Å². The number of amides is 1. The fourth-order valence-corrected chi connectivity index (χ4v) is 6.58. The summed E-state index contributed by atoms with van der Waals surface area (Å²) in [5.74, 6) is 1.32. The molecular weight excluding hydrogens is 384 g/mol. The largest absolute Gasteiger partial charge is 0.381 e. The van der Waals surface area contributed by atoms with Crippen LogP contribution in [0.2, 0.25) is 0 Å². The van der Waals surface area contributed by atoms with Crippen molar-refractivity contribution in [3.63, 3.8) is 0 Å². The van der Waals surface area contributed by atoms with E-state index in [2.05, 4.69) is 41.7 Å². The Hall–Kier alpha value is -1.65. The quantitative estimate of drug-likeness (QED) is 0.614. The Morgan fingerprint density at radius 1 is 1.16 bits per heavy atom. The molecule has 3 fully saturated rings. The molecule has 2 bridgehead atoms. The molecule has 3 saturated carbocycles. The highest BCUT2D eigenvalue weighted by Crippen LogP contribution is 2.55. The van der Waals surface area contributed by atoms with Gasteiger partial charge in [0.2, 0.25) is 5.91 Å². The van der Waals surface area contributed by atoms with Crippen molar-refractivity contribution in [2.45, 2.75) is 88.1 Å². The van der Waals surface area contributed by atoms with Crippen molar-refractivity contribution in [1.82, 2.24) is 5.32 Å². The number of benzene rings is 1. The molecule has 1 amide bonds. The van der Waals surface area contributed by atoms with E-state index >= 15 is 0 Å². The van der Waals surface area contributed by atoms with Crippen LogP contribution in [0.5, 0.6) is 0 Å². The lowest BCUT2D eigenvalue weighted by Crippen LogP contribution is -2.43. The van der Waals surface area contributed by atoms with Crippen LogP contribution < -0.4 is 11.1 Å². The van der Waals surface area contributed by atoms with Crippen molar-refractivity contribution >= 4 is 5.91 Å². The number of fused-ring (bicyclic) bond motifs is 2. The molecule has 0 aliphatic heterocycles. The highest BCUT2D eigenvalue weighted by Gasteiger charge is 2.46. The van der Waals surface area contributed by atoms with Gasteiger partial charge in [-0.25, -0.2) is 0 Å². The molecule has 4 nitrogen and oxygen atoms in total. The number of allylic oxidation sites excluding steroid dienone is 1. The molecule has 170 valence electrons. The summed E-state index contributed by atoms with van der Waals surface area (Å²) in [7, 11) is 1.77. The average molecular weight is 425 g/mol. The van der Waals surface area contributed by atoms with E-state index in [1.165, 1.54) is 31.2 Å². The fraction of sp³-hybridized carbons (Fsp3) is 0.667. The van der Waals surface area contributed by atoms with Crippen LogP contribution in [0.25, 0.3) is 0 Å². The summed E-state index contributed by atoms with van der Waals surface area (Å²) in [5, 5.41) is 3.29. The molecule has 0 heterocycles. The molecule has 3 unspecified atom stereocenters. The van der Waals surface area contributed by atoms with E-state index in [1.807, 2.05) is 0 Å². The second kappa shape index (κ2) is 10.3. The summed E-state index contributed by atoms with van der Waals surface area (Å²) >= 11 is 0. The van der Waals surface area contributed by atoms with Crippen LogP contribution in [0.4, 0.5) is 0 Å². The zero-order chi connectivity index (χ0) is 21.7. The van der Waals surface area contributed by atoms with Crippen molar-refractivity contribution in [3.05, 3.63) is 47.5 Å². The third kappa shape index (κ3) is 5.40. The van der Waals surface area contributed by atoms with Gasteiger partial charge < -0.3 is 15.8 Å². The summed E-state index contributed by atoms with van der Waals surface area (Å²) in [6.45, 7) is 0.676. The monoisotopic (exact) mass is 424 g/mol. The fourth-order valence-electron chi connectivity index (χ4n) is 6.58. The van der Waals surface area contributed by atoms with Crippen molar-refractivity contribution in [3.8, 4) is 0 Å². The van der Waals surface area contributed by atoms with Crippen LogP contribution in [0.15, 0.2) is 42.0 Å². The Morgan fingerprint density at radius 2 is 1.94 bits per heavy atom. The molecule has 3 aliphatic rings. The molecule has 0 aromatic heterocycles. The zero-order valence-corrected chi connectivity index (χ0v) is 19.2. The van der Waals surface area contributed by atoms with Gasteiger partial charge in [-0.1, -0.05) is 48.4 Å². The van der Waals surface area contributed by atoms with Gasteiger partial charge in [0.15, 0.2) is 0 Å². The number of rotatable bonds is 7. The van der Waals surface area contributed by atoms with Crippen LogP contribution in [-0.4, -0.2) is 31.7 Å². The molecule has 31 heavy (non-hydrogen) atoms. The number of hydrogen-bond acceptors (Lipinski definition) is 3. The molecule has 1 aromatic carbocycles. The van der Waals surface area contributed by atoms with E-state index in [4.69, 9.17) is 10.5 Å². The third-order valence-corrected chi connectivity index (χ3v) is 8.15. The van der Waals surface area contributed by atoms with Gasteiger partial charge in [-0.05, 0) is 80.6 Å². The highest BCUT2D eigenvalue weighted by atomic mass is 16.5. The van der Waals surface area contributed by atoms with Crippen molar-refractivity contribution in [1.29, 1.82) is 0 Å². The molecule has 3 atom stereocenters. The topological polar surface area (TPSA) is 64.3 Å². The van der Waals surface area contributed by atoms with Crippen molar-refractivity contribution < 1.29 is 9.53 Å². The Labute approximate surface area is 188 Å². The summed E-state index contributed by atoms with van der Waals surface area (Å²) in [4.78, 5) is 12.8.